The number of carbonyl (C=O) groups is 1. The molecule has 2 aromatic heterocycles. The number of Topliss-reactive ketones (excluding diaryl/α,β-unsaturated/α-hetero) is 1. The van der Waals surface area contributed by atoms with Crippen molar-refractivity contribution in [1.82, 2.24) is 14.9 Å². The molecule has 0 amide bonds. The van der Waals surface area contributed by atoms with Gasteiger partial charge in [0.05, 0.1) is 11.4 Å². The van der Waals surface area contributed by atoms with E-state index < -0.39 is 0 Å². The van der Waals surface area contributed by atoms with E-state index in [1.807, 2.05) is 31.6 Å². The number of hydrogen-bond donors (Lipinski definition) is 1. The molecule has 0 bridgehead atoms. The summed E-state index contributed by atoms with van der Waals surface area (Å²) in [6.45, 7) is 5.20. The first-order valence-corrected chi connectivity index (χ1v) is 6.70. The molecule has 2 rings (SSSR count). The van der Waals surface area contributed by atoms with Crippen molar-refractivity contribution in [2.75, 3.05) is 7.05 Å². The number of hydrogen-bond acceptors (Lipinski definition) is 4. The molecule has 0 saturated carbocycles. The summed E-state index contributed by atoms with van der Waals surface area (Å²) in [5.41, 5.74) is 2.25. The fraction of sp³-hybridized carbons (Fsp3) is 0.385. The molecule has 0 aromatic carbocycles. The highest BCUT2D eigenvalue weighted by atomic mass is 32.1. The van der Waals surface area contributed by atoms with Crippen LogP contribution < -0.4 is 0 Å². The number of nitrogens with zero attached hydrogens (tertiary/aromatic N) is 2. The van der Waals surface area contributed by atoms with E-state index in [1.165, 1.54) is 16.9 Å². The van der Waals surface area contributed by atoms with E-state index in [-0.39, 0.29) is 5.78 Å². The molecule has 1 N–H and O–H groups in total. The molecule has 0 aliphatic carbocycles. The Balaban J connectivity index is 1.94. The Hall–Kier alpha value is -1.46. The van der Waals surface area contributed by atoms with Gasteiger partial charge in [-0.15, -0.1) is 11.3 Å². The van der Waals surface area contributed by atoms with Crippen LogP contribution in [0.5, 0.6) is 0 Å². The molecule has 0 aliphatic rings. The van der Waals surface area contributed by atoms with Crippen molar-refractivity contribution in [3.05, 3.63) is 39.6 Å². The normalized spacial score (nSPS) is 11.1. The topological polar surface area (TPSA) is 49.0 Å². The molecule has 96 valence electrons. The van der Waals surface area contributed by atoms with Crippen LogP contribution in [-0.2, 0) is 13.1 Å². The lowest BCUT2D eigenvalue weighted by atomic mass is 10.2. The third kappa shape index (κ3) is 3.27. The maximum Gasteiger partial charge on any atom is 0.169 e. The van der Waals surface area contributed by atoms with Crippen LogP contribution in [0.1, 0.15) is 33.7 Å². The molecular formula is C13H17N3OS. The molecule has 18 heavy (non-hydrogen) atoms. The number of aromatic amines is 1. The van der Waals surface area contributed by atoms with E-state index >= 15 is 0 Å². The largest absolute Gasteiger partial charge is 0.345 e. The van der Waals surface area contributed by atoms with Gasteiger partial charge in [-0.2, -0.15) is 0 Å². The zero-order chi connectivity index (χ0) is 13.1. The van der Waals surface area contributed by atoms with Crippen LogP contribution in [0.25, 0.3) is 0 Å². The van der Waals surface area contributed by atoms with Crippen molar-refractivity contribution in [3.8, 4) is 0 Å². The van der Waals surface area contributed by atoms with Crippen molar-refractivity contribution in [2.45, 2.75) is 26.9 Å². The quantitative estimate of drug-likeness (QED) is 0.844. The second-order valence-corrected chi connectivity index (χ2v) is 5.47. The average Bonchev–Trinajstić information content (AvgIpc) is 2.88. The van der Waals surface area contributed by atoms with Crippen molar-refractivity contribution < 1.29 is 4.79 Å². The molecule has 2 aromatic rings. The minimum absolute atomic E-state index is 0.135. The Kier molecular flexibility index (Phi) is 3.93. The van der Waals surface area contributed by atoms with Gasteiger partial charge in [0.1, 0.15) is 5.82 Å². The summed E-state index contributed by atoms with van der Waals surface area (Å²) < 4.78 is 0. The standard InChI is InChI=1S/C13H17N3OS/c1-9-5-14-13(15-9)7-16(3)6-11-4-12(10(2)17)18-8-11/h4-5,8H,6-7H2,1-3H3,(H,14,15). The Morgan fingerprint density at radius 2 is 2.28 bits per heavy atom. The first-order valence-electron chi connectivity index (χ1n) is 5.82. The number of carbonyl (C=O) groups excluding carboxylic acids is 1. The summed E-state index contributed by atoms with van der Waals surface area (Å²) in [4.78, 5) is 21.7. The number of aryl methyl sites for hydroxylation is 1. The summed E-state index contributed by atoms with van der Waals surface area (Å²) in [6, 6.07) is 1.97. The Bertz CT molecular complexity index is 544. The van der Waals surface area contributed by atoms with Gasteiger partial charge in [-0.25, -0.2) is 4.98 Å². The molecule has 0 aliphatic heterocycles. The van der Waals surface area contributed by atoms with E-state index in [2.05, 4.69) is 14.9 Å². The molecule has 0 spiro atoms. The van der Waals surface area contributed by atoms with Gasteiger partial charge >= 0.3 is 0 Å². The van der Waals surface area contributed by atoms with E-state index in [9.17, 15) is 4.79 Å². The van der Waals surface area contributed by atoms with E-state index in [1.54, 1.807) is 6.92 Å². The molecule has 0 atom stereocenters. The first-order chi connectivity index (χ1) is 8.54. The summed E-state index contributed by atoms with van der Waals surface area (Å²) in [5, 5.41) is 2.04. The molecule has 0 radical (unpaired) electrons. The number of ketones is 1. The molecule has 0 saturated heterocycles. The molecule has 5 heteroatoms. The lowest BCUT2D eigenvalue weighted by molar-refractivity contribution is 0.102. The lowest BCUT2D eigenvalue weighted by Crippen LogP contribution is -2.17. The van der Waals surface area contributed by atoms with Gasteiger partial charge in [-0.1, -0.05) is 0 Å². The SMILES string of the molecule is CC(=O)c1cc(CN(C)Cc2ncc(C)[nH]2)cs1. The minimum Gasteiger partial charge on any atom is -0.345 e. The maximum absolute atomic E-state index is 11.2. The van der Waals surface area contributed by atoms with Crippen molar-refractivity contribution in [2.24, 2.45) is 0 Å². The van der Waals surface area contributed by atoms with Crippen LogP contribution in [-0.4, -0.2) is 27.7 Å². The summed E-state index contributed by atoms with van der Waals surface area (Å²) >= 11 is 1.51. The molecule has 4 nitrogen and oxygen atoms in total. The Labute approximate surface area is 111 Å². The highest BCUT2D eigenvalue weighted by molar-refractivity contribution is 7.12. The summed E-state index contributed by atoms with van der Waals surface area (Å²) in [7, 11) is 2.04. The van der Waals surface area contributed by atoms with Gasteiger partial charge < -0.3 is 4.98 Å². The number of rotatable bonds is 5. The molecular weight excluding hydrogens is 246 g/mol. The number of aromatic nitrogens is 2. The maximum atomic E-state index is 11.2. The first kappa shape index (κ1) is 13.0. The predicted octanol–water partition coefficient (Wildman–Crippen LogP) is 2.61. The van der Waals surface area contributed by atoms with Crippen LogP contribution in [0.4, 0.5) is 0 Å². The predicted molar refractivity (Wildman–Crippen MR) is 72.8 cm³/mol. The smallest absolute Gasteiger partial charge is 0.169 e. The van der Waals surface area contributed by atoms with E-state index in [4.69, 9.17) is 0 Å². The third-order valence-electron chi connectivity index (χ3n) is 2.63. The van der Waals surface area contributed by atoms with Crippen LogP contribution in [0, 0.1) is 6.92 Å². The molecule has 0 unspecified atom stereocenters. The number of H-pyrrole nitrogens is 1. The summed E-state index contributed by atoms with van der Waals surface area (Å²) in [5.74, 6) is 1.10. The third-order valence-corrected chi connectivity index (χ3v) is 3.71. The average molecular weight is 263 g/mol. The van der Waals surface area contributed by atoms with Gasteiger partial charge in [-0.05, 0) is 37.9 Å². The number of imidazole rings is 1. The van der Waals surface area contributed by atoms with Gasteiger partial charge in [0.15, 0.2) is 5.78 Å². The van der Waals surface area contributed by atoms with Gasteiger partial charge in [0.25, 0.3) is 0 Å². The monoisotopic (exact) mass is 263 g/mol. The number of nitrogens with one attached hydrogen (secondary N) is 1. The van der Waals surface area contributed by atoms with Gasteiger partial charge in [-0.3, -0.25) is 9.69 Å². The second kappa shape index (κ2) is 5.46. The van der Waals surface area contributed by atoms with Crippen LogP contribution in [0.15, 0.2) is 17.6 Å². The zero-order valence-electron chi connectivity index (χ0n) is 10.9. The van der Waals surface area contributed by atoms with Crippen LogP contribution in [0.3, 0.4) is 0 Å². The van der Waals surface area contributed by atoms with Crippen LogP contribution >= 0.6 is 11.3 Å². The fourth-order valence-corrected chi connectivity index (χ4v) is 2.62. The van der Waals surface area contributed by atoms with Crippen molar-refractivity contribution in [3.63, 3.8) is 0 Å². The van der Waals surface area contributed by atoms with Gasteiger partial charge in [0.2, 0.25) is 0 Å². The highest BCUT2D eigenvalue weighted by Gasteiger charge is 2.08. The van der Waals surface area contributed by atoms with Crippen LogP contribution in [0.2, 0.25) is 0 Å². The van der Waals surface area contributed by atoms with E-state index in [0.29, 0.717) is 0 Å². The molecule has 2 heterocycles. The van der Waals surface area contributed by atoms with Crippen molar-refractivity contribution in [1.29, 1.82) is 0 Å². The highest BCUT2D eigenvalue weighted by Crippen LogP contribution is 2.17. The lowest BCUT2D eigenvalue weighted by Gasteiger charge is -2.13. The Morgan fingerprint density at radius 1 is 1.50 bits per heavy atom. The van der Waals surface area contributed by atoms with Crippen molar-refractivity contribution >= 4 is 17.1 Å². The Morgan fingerprint density at radius 3 is 2.83 bits per heavy atom. The van der Waals surface area contributed by atoms with Gasteiger partial charge in [0, 0.05) is 18.4 Å². The van der Waals surface area contributed by atoms with E-state index in [0.717, 1.165) is 29.5 Å². The second-order valence-electron chi connectivity index (χ2n) is 4.56. The zero-order valence-corrected chi connectivity index (χ0v) is 11.7. The minimum atomic E-state index is 0.135. The molecule has 0 fully saturated rings. The number of thiophene rings is 1. The summed E-state index contributed by atoms with van der Waals surface area (Å²) in [6.07, 6.45) is 1.83. The fourth-order valence-electron chi connectivity index (χ4n) is 1.81.